The van der Waals surface area contributed by atoms with Crippen LogP contribution in [0, 0.1) is 34.0 Å². The van der Waals surface area contributed by atoms with Crippen LogP contribution in [-0.4, -0.2) is 51.9 Å². The molecule has 6 rings (SSSR count). The second-order valence-corrected chi connectivity index (χ2v) is 13.4. The highest BCUT2D eigenvalue weighted by Crippen LogP contribution is 2.70. The van der Waals surface area contributed by atoms with Gasteiger partial charge in [-0.2, -0.15) is 5.26 Å². The standard InChI is InChI=1S/C35H33ClFNO8/c1-32-13-11-22(39)17-21(32)5-9-26-25-12-14-34(31(43)44-16-15-38,33(25,2)19-29(41)35(26,32)37)46-30(42)20-3-6-23(7-4-20)45-24-8-10-28(40)27(36)18-24/h3-4,6-8,10-11,13,17-18,25-26,29,40-41H,5,9,12,14,16,19H2,1-2H3/t25-,26-,29-,32-,33-,34?,35?/m0/s1. The predicted octanol–water partition coefficient (Wildman–Crippen LogP) is 6.17. The average molecular weight is 650 g/mol. The summed E-state index contributed by atoms with van der Waals surface area (Å²) >= 11 is 5.95. The second-order valence-electron chi connectivity index (χ2n) is 13.0. The first-order chi connectivity index (χ1) is 21.8. The van der Waals surface area contributed by atoms with Gasteiger partial charge in [0.1, 0.15) is 23.3 Å². The minimum atomic E-state index is -2.13. The third-order valence-electron chi connectivity index (χ3n) is 10.9. The number of carbonyl (C=O) groups excluding carboxylic acids is 3. The summed E-state index contributed by atoms with van der Waals surface area (Å²) in [5.41, 5.74) is -5.76. The Kier molecular flexibility index (Phi) is 7.77. The molecule has 7 atom stereocenters. The summed E-state index contributed by atoms with van der Waals surface area (Å²) in [6.07, 6.45) is 3.67. The van der Waals surface area contributed by atoms with Gasteiger partial charge in [0.2, 0.25) is 5.60 Å². The van der Waals surface area contributed by atoms with Crippen LogP contribution in [0.1, 0.15) is 56.3 Å². The van der Waals surface area contributed by atoms with Crippen LogP contribution in [0.5, 0.6) is 17.2 Å². The predicted molar refractivity (Wildman–Crippen MR) is 163 cm³/mol. The van der Waals surface area contributed by atoms with E-state index in [1.54, 1.807) is 26.0 Å². The highest BCUT2D eigenvalue weighted by molar-refractivity contribution is 6.32. The molecule has 3 saturated carbocycles. The Morgan fingerprint density at radius 1 is 1.11 bits per heavy atom. The van der Waals surface area contributed by atoms with E-state index in [2.05, 4.69) is 0 Å². The Morgan fingerprint density at radius 2 is 1.83 bits per heavy atom. The number of aliphatic hydroxyl groups excluding tert-OH is 1. The number of ketones is 1. The van der Waals surface area contributed by atoms with Crippen LogP contribution in [0.25, 0.3) is 0 Å². The third kappa shape index (κ3) is 4.63. The van der Waals surface area contributed by atoms with Crippen molar-refractivity contribution in [2.45, 2.75) is 63.3 Å². The van der Waals surface area contributed by atoms with Gasteiger partial charge in [0.25, 0.3) is 0 Å². The summed E-state index contributed by atoms with van der Waals surface area (Å²) in [6.45, 7) is 2.85. The van der Waals surface area contributed by atoms with E-state index in [-0.39, 0.29) is 35.0 Å². The summed E-state index contributed by atoms with van der Waals surface area (Å²) in [6, 6.07) is 12.1. The molecule has 0 spiro atoms. The number of alkyl halides is 1. The summed E-state index contributed by atoms with van der Waals surface area (Å²) in [7, 11) is 0. The molecule has 9 nitrogen and oxygen atoms in total. The fourth-order valence-electron chi connectivity index (χ4n) is 8.52. The van der Waals surface area contributed by atoms with Crippen molar-refractivity contribution in [1.29, 1.82) is 5.26 Å². The topological polar surface area (TPSA) is 143 Å². The van der Waals surface area contributed by atoms with E-state index in [1.165, 1.54) is 54.6 Å². The largest absolute Gasteiger partial charge is 0.506 e. The van der Waals surface area contributed by atoms with E-state index in [4.69, 9.17) is 31.1 Å². The number of nitriles is 1. The molecule has 4 aliphatic rings. The van der Waals surface area contributed by atoms with Crippen molar-refractivity contribution in [3.05, 3.63) is 76.9 Å². The van der Waals surface area contributed by atoms with Crippen molar-refractivity contribution in [1.82, 2.24) is 0 Å². The molecule has 4 aliphatic carbocycles. The second kappa shape index (κ2) is 11.2. The molecule has 0 aromatic heterocycles. The molecule has 0 amide bonds. The van der Waals surface area contributed by atoms with E-state index in [1.807, 2.05) is 0 Å². The quantitative estimate of drug-likeness (QED) is 0.351. The number of phenols is 1. The van der Waals surface area contributed by atoms with Gasteiger partial charge < -0.3 is 24.4 Å². The number of halogens is 2. The van der Waals surface area contributed by atoms with Crippen LogP contribution in [-0.2, 0) is 19.1 Å². The van der Waals surface area contributed by atoms with Crippen LogP contribution < -0.4 is 4.74 Å². The van der Waals surface area contributed by atoms with Crippen LogP contribution in [0.15, 0.2) is 66.3 Å². The molecule has 240 valence electrons. The number of fused-ring (bicyclic) bond motifs is 5. The molecule has 2 aromatic rings. The number of carbonyl (C=O) groups is 3. The van der Waals surface area contributed by atoms with Crippen LogP contribution in [0.4, 0.5) is 4.39 Å². The van der Waals surface area contributed by atoms with Gasteiger partial charge in [0.05, 0.1) is 16.7 Å². The van der Waals surface area contributed by atoms with Gasteiger partial charge in [0, 0.05) is 22.8 Å². The Labute approximate surface area is 270 Å². The number of ether oxygens (including phenoxy) is 3. The molecule has 0 heterocycles. The first kappa shape index (κ1) is 31.8. The number of nitrogens with zero attached hydrogens (tertiary/aromatic N) is 1. The number of allylic oxidation sites excluding steroid dienone is 4. The minimum Gasteiger partial charge on any atom is -0.506 e. The van der Waals surface area contributed by atoms with Gasteiger partial charge >= 0.3 is 11.9 Å². The highest BCUT2D eigenvalue weighted by Gasteiger charge is 2.76. The Morgan fingerprint density at radius 3 is 2.52 bits per heavy atom. The Hall–Kier alpha value is -4.20. The maximum atomic E-state index is 17.5. The van der Waals surface area contributed by atoms with Crippen molar-refractivity contribution < 1.29 is 43.2 Å². The highest BCUT2D eigenvalue weighted by atomic mass is 35.5. The molecule has 46 heavy (non-hydrogen) atoms. The van der Waals surface area contributed by atoms with Crippen LogP contribution >= 0.6 is 11.6 Å². The van der Waals surface area contributed by atoms with Crippen molar-refractivity contribution in [2.24, 2.45) is 22.7 Å². The lowest BCUT2D eigenvalue weighted by Crippen LogP contribution is -2.69. The molecular weight excluding hydrogens is 617 g/mol. The summed E-state index contributed by atoms with van der Waals surface area (Å²) in [4.78, 5) is 39.6. The van der Waals surface area contributed by atoms with Crippen molar-refractivity contribution >= 4 is 29.3 Å². The number of esters is 2. The maximum absolute atomic E-state index is 17.5. The van der Waals surface area contributed by atoms with Gasteiger partial charge in [-0.1, -0.05) is 30.2 Å². The minimum absolute atomic E-state index is 0.0139. The van der Waals surface area contributed by atoms with Crippen LogP contribution in [0.2, 0.25) is 5.02 Å². The smallest absolute Gasteiger partial charge is 0.352 e. The van der Waals surface area contributed by atoms with Crippen LogP contribution in [0.3, 0.4) is 0 Å². The molecule has 0 bridgehead atoms. The number of benzene rings is 2. The lowest BCUT2D eigenvalue weighted by atomic mass is 9.45. The van der Waals surface area contributed by atoms with E-state index < -0.39 is 58.6 Å². The number of phenolic OH excluding ortho intramolecular Hbond substituents is 1. The van der Waals surface area contributed by atoms with Gasteiger partial charge in [-0.15, -0.1) is 0 Å². The molecular formula is C35H33ClFNO8. The van der Waals surface area contributed by atoms with Gasteiger partial charge in [-0.05, 0) is 93.5 Å². The molecule has 11 heteroatoms. The summed E-state index contributed by atoms with van der Waals surface area (Å²) in [5, 5.41) is 30.6. The number of aliphatic hydroxyl groups is 1. The number of hydrogen-bond donors (Lipinski definition) is 2. The molecule has 2 unspecified atom stereocenters. The van der Waals surface area contributed by atoms with Gasteiger partial charge in [-0.3, -0.25) is 4.79 Å². The van der Waals surface area contributed by atoms with Gasteiger partial charge in [-0.25, -0.2) is 14.0 Å². The molecule has 0 aliphatic heterocycles. The van der Waals surface area contributed by atoms with E-state index in [0.29, 0.717) is 36.3 Å². The average Bonchev–Trinajstić information content (AvgIpc) is 3.31. The van der Waals surface area contributed by atoms with E-state index >= 15 is 4.39 Å². The van der Waals surface area contributed by atoms with Gasteiger partial charge in [0.15, 0.2) is 18.1 Å². The summed E-state index contributed by atoms with van der Waals surface area (Å²) in [5.74, 6) is -2.55. The number of rotatable bonds is 6. The summed E-state index contributed by atoms with van der Waals surface area (Å²) < 4.78 is 34.7. The zero-order valence-corrected chi connectivity index (χ0v) is 26.1. The lowest BCUT2D eigenvalue weighted by molar-refractivity contribution is -0.224. The Balaban J connectivity index is 1.31. The SMILES string of the molecule is C[C@]12C=CC(=O)C=C1CC[C@H]1[C@@H]3CCC(OC(=O)c4ccc(Oc5ccc(O)c(Cl)c5)cc4)(C(=O)OCC#N)[C@@]3(C)C[C@H](O)C12F. The number of hydrogen-bond acceptors (Lipinski definition) is 9. The first-order valence-corrected chi connectivity index (χ1v) is 15.5. The molecule has 2 N–H and O–H groups in total. The monoisotopic (exact) mass is 649 g/mol. The number of aromatic hydroxyl groups is 1. The van der Waals surface area contributed by atoms with Crippen molar-refractivity contribution in [3.8, 4) is 23.3 Å². The fraction of sp³-hybridized carbons (Fsp3) is 0.429. The zero-order valence-electron chi connectivity index (χ0n) is 25.3. The third-order valence-corrected chi connectivity index (χ3v) is 11.2. The molecule has 2 aromatic carbocycles. The molecule has 0 saturated heterocycles. The fourth-order valence-corrected chi connectivity index (χ4v) is 8.69. The normalized spacial score (nSPS) is 34.3. The Bertz CT molecular complexity index is 1720. The lowest BCUT2D eigenvalue weighted by Gasteiger charge is -2.62. The molecule has 0 radical (unpaired) electrons. The maximum Gasteiger partial charge on any atom is 0.352 e. The zero-order chi connectivity index (χ0) is 33.1. The van der Waals surface area contributed by atoms with Crippen molar-refractivity contribution in [2.75, 3.05) is 6.61 Å². The first-order valence-electron chi connectivity index (χ1n) is 15.1. The molecule has 3 fully saturated rings. The van der Waals surface area contributed by atoms with Crippen molar-refractivity contribution in [3.63, 3.8) is 0 Å². The van der Waals surface area contributed by atoms with E-state index in [9.17, 15) is 24.6 Å². The van der Waals surface area contributed by atoms with E-state index in [0.717, 1.165) is 0 Å².